The number of nitrogens with zero attached hydrogens (tertiary/aromatic N) is 1. The minimum absolute atomic E-state index is 0.0607. The van der Waals surface area contributed by atoms with Crippen molar-refractivity contribution < 1.29 is 0 Å². The molecule has 1 heterocycles. The molecule has 110 valence electrons. The maximum atomic E-state index is 6.51. The Hall–Kier alpha value is -1.80. The van der Waals surface area contributed by atoms with Gasteiger partial charge >= 0.3 is 0 Å². The van der Waals surface area contributed by atoms with Crippen molar-refractivity contribution in [3.05, 3.63) is 65.7 Å². The van der Waals surface area contributed by atoms with Crippen LogP contribution in [0.2, 0.25) is 0 Å². The largest absolute Gasteiger partial charge is 0.371 e. The van der Waals surface area contributed by atoms with Crippen molar-refractivity contribution in [3.63, 3.8) is 0 Å². The summed E-state index contributed by atoms with van der Waals surface area (Å²) in [7, 11) is 0. The minimum atomic E-state index is 0.0607. The van der Waals surface area contributed by atoms with Crippen LogP contribution < -0.4 is 10.6 Å². The Kier molecular flexibility index (Phi) is 4.56. The molecule has 1 aliphatic rings. The molecule has 0 radical (unpaired) electrons. The van der Waals surface area contributed by atoms with Crippen molar-refractivity contribution in [3.8, 4) is 0 Å². The highest BCUT2D eigenvalue weighted by Crippen LogP contribution is 2.29. The number of hydrogen-bond donors (Lipinski definition) is 1. The molecular formula is C19H24N2. The van der Waals surface area contributed by atoms with E-state index in [1.807, 2.05) is 0 Å². The lowest BCUT2D eigenvalue weighted by Crippen LogP contribution is -2.31. The van der Waals surface area contributed by atoms with E-state index >= 15 is 0 Å². The lowest BCUT2D eigenvalue weighted by molar-refractivity contribution is 0.573. The molecule has 2 heteroatoms. The second-order valence-corrected chi connectivity index (χ2v) is 5.90. The van der Waals surface area contributed by atoms with Gasteiger partial charge < -0.3 is 10.6 Å². The van der Waals surface area contributed by atoms with Gasteiger partial charge in [0.2, 0.25) is 0 Å². The molecule has 2 nitrogen and oxygen atoms in total. The first kappa shape index (κ1) is 14.2. The quantitative estimate of drug-likeness (QED) is 0.919. The molecule has 0 amide bonds. The highest BCUT2D eigenvalue weighted by molar-refractivity contribution is 5.55. The molecule has 21 heavy (non-hydrogen) atoms. The van der Waals surface area contributed by atoms with E-state index < -0.39 is 0 Å². The number of para-hydroxylation sites is 1. The number of benzene rings is 2. The summed E-state index contributed by atoms with van der Waals surface area (Å²) in [5, 5.41) is 0. The molecule has 1 saturated heterocycles. The monoisotopic (exact) mass is 280 g/mol. The molecule has 0 aliphatic carbocycles. The summed E-state index contributed by atoms with van der Waals surface area (Å²) < 4.78 is 0. The van der Waals surface area contributed by atoms with E-state index in [9.17, 15) is 0 Å². The molecule has 3 rings (SSSR count). The highest BCUT2D eigenvalue weighted by Gasteiger charge is 2.17. The van der Waals surface area contributed by atoms with Crippen LogP contribution in [0.4, 0.5) is 5.69 Å². The summed E-state index contributed by atoms with van der Waals surface area (Å²) in [5.41, 5.74) is 10.4. The normalized spacial score (nSPS) is 16.7. The first-order valence-corrected chi connectivity index (χ1v) is 7.98. The maximum Gasteiger partial charge on any atom is 0.0414 e. The molecular weight excluding hydrogens is 256 g/mol. The summed E-state index contributed by atoms with van der Waals surface area (Å²) in [5.74, 6) is 0. The summed E-state index contributed by atoms with van der Waals surface area (Å²) in [4.78, 5) is 2.50. The second kappa shape index (κ2) is 6.77. The molecule has 2 N–H and O–H groups in total. The highest BCUT2D eigenvalue weighted by atomic mass is 15.1. The first-order chi connectivity index (χ1) is 10.3. The first-order valence-electron chi connectivity index (χ1n) is 7.98. The van der Waals surface area contributed by atoms with Gasteiger partial charge in [-0.05, 0) is 42.9 Å². The van der Waals surface area contributed by atoms with Crippen molar-refractivity contribution in [2.45, 2.75) is 31.7 Å². The van der Waals surface area contributed by atoms with E-state index in [4.69, 9.17) is 5.73 Å². The van der Waals surface area contributed by atoms with Crippen LogP contribution in [0.1, 0.15) is 36.4 Å². The Morgan fingerprint density at radius 2 is 1.52 bits per heavy atom. The van der Waals surface area contributed by atoms with Crippen molar-refractivity contribution in [2.24, 2.45) is 5.73 Å². The molecule has 1 aliphatic heterocycles. The third kappa shape index (κ3) is 3.45. The van der Waals surface area contributed by atoms with Gasteiger partial charge in [-0.3, -0.25) is 0 Å². The van der Waals surface area contributed by atoms with Gasteiger partial charge in [0.25, 0.3) is 0 Å². The van der Waals surface area contributed by atoms with E-state index in [2.05, 4.69) is 59.5 Å². The predicted octanol–water partition coefficient (Wildman–Crippen LogP) is 3.92. The van der Waals surface area contributed by atoms with Gasteiger partial charge in [0.05, 0.1) is 0 Å². The van der Waals surface area contributed by atoms with Crippen molar-refractivity contribution in [1.29, 1.82) is 0 Å². The molecule has 2 aromatic carbocycles. The van der Waals surface area contributed by atoms with Crippen LogP contribution in [-0.2, 0) is 6.42 Å². The van der Waals surface area contributed by atoms with E-state index in [1.54, 1.807) is 0 Å². The van der Waals surface area contributed by atoms with Gasteiger partial charge in [0.15, 0.2) is 0 Å². The molecule has 1 atom stereocenters. The summed E-state index contributed by atoms with van der Waals surface area (Å²) in [6.45, 7) is 2.32. The Balaban J connectivity index is 1.80. The van der Waals surface area contributed by atoms with Crippen LogP contribution in [0.15, 0.2) is 54.6 Å². The van der Waals surface area contributed by atoms with Crippen LogP contribution in [0.3, 0.4) is 0 Å². The number of nitrogens with two attached hydrogens (primary N) is 1. The fourth-order valence-electron chi connectivity index (χ4n) is 3.20. The number of hydrogen-bond acceptors (Lipinski definition) is 2. The topological polar surface area (TPSA) is 29.3 Å². The van der Waals surface area contributed by atoms with Crippen LogP contribution in [-0.4, -0.2) is 13.1 Å². The number of piperidine rings is 1. The second-order valence-electron chi connectivity index (χ2n) is 5.90. The van der Waals surface area contributed by atoms with E-state index in [1.165, 1.54) is 36.1 Å². The lowest BCUT2D eigenvalue weighted by Gasteiger charge is -2.32. The van der Waals surface area contributed by atoms with Crippen molar-refractivity contribution in [1.82, 2.24) is 0 Å². The Labute approximate surface area is 127 Å². The van der Waals surface area contributed by atoms with Crippen molar-refractivity contribution in [2.75, 3.05) is 18.0 Å². The van der Waals surface area contributed by atoms with Crippen molar-refractivity contribution >= 4 is 5.69 Å². The fraction of sp³-hybridized carbons (Fsp3) is 0.368. The summed E-state index contributed by atoms with van der Waals surface area (Å²) in [6, 6.07) is 19.2. The van der Waals surface area contributed by atoms with Gasteiger partial charge in [0, 0.05) is 24.8 Å². The van der Waals surface area contributed by atoms with E-state index in [0.717, 1.165) is 19.5 Å². The van der Waals surface area contributed by atoms with Gasteiger partial charge in [-0.1, -0.05) is 48.5 Å². The Bertz CT molecular complexity index is 559. The van der Waals surface area contributed by atoms with E-state index in [-0.39, 0.29) is 6.04 Å². The average Bonchev–Trinajstić information content (AvgIpc) is 2.56. The van der Waals surface area contributed by atoms with Gasteiger partial charge in [-0.15, -0.1) is 0 Å². The standard InChI is InChI=1S/C19H24N2/c20-18(15-16-9-3-1-4-10-16)17-11-5-6-12-19(17)21-13-7-2-8-14-21/h1,3-6,9-12,18H,2,7-8,13-15,20H2/t18-/m0/s1. The molecule has 0 saturated carbocycles. The van der Waals surface area contributed by atoms with Crippen LogP contribution in [0, 0.1) is 0 Å². The van der Waals surface area contributed by atoms with Crippen LogP contribution >= 0.6 is 0 Å². The molecule has 2 aromatic rings. The number of anilines is 1. The molecule has 0 spiro atoms. The Morgan fingerprint density at radius 3 is 2.29 bits per heavy atom. The smallest absolute Gasteiger partial charge is 0.0414 e. The van der Waals surface area contributed by atoms with Gasteiger partial charge in [-0.2, -0.15) is 0 Å². The predicted molar refractivity (Wildman–Crippen MR) is 89.6 cm³/mol. The molecule has 0 aromatic heterocycles. The lowest BCUT2D eigenvalue weighted by atomic mass is 9.97. The summed E-state index contributed by atoms with van der Waals surface area (Å²) in [6.07, 6.45) is 4.84. The average molecular weight is 280 g/mol. The minimum Gasteiger partial charge on any atom is -0.371 e. The molecule has 0 unspecified atom stereocenters. The summed E-state index contributed by atoms with van der Waals surface area (Å²) >= 11 is 0. The SMILES string of the molecule is N[C@@H](Cc1ccccc1)c1ccccc1N1CCCCC1. The fourth-order valence-corrected chi connectivity index (χ4v) is 3.20. The molecule has 0 bridgehead atoms. The van der Waals surface area contributed by atoms with Gasteiger partial charge in [0.1, 0.15) is 0 Å². The zero-order valence-electron chi connectivity index (χ0n) is 12.5. The maximum absolute atomic E-state index is 6.51. The molecule has 1 fully saturated rings. The van der Waals surface area contributed by atoms with Gasteiger partial charge in [-0.25, -0.2) is 0 Å². The van der Waals surface area contributed by atoms with Crippen LogP contribution in [0.5, 0.6) is 0 Å². The number of rotatable bonds is 4. The Morgan fingerprint density at radius 1 is 0.857 bits per heavy atom. The zero-order chi connectivity index (χ0) is 14.5. The van der Waals surface area contributed by atoms with Crippen LogP contribution in [0.25, 0.3) is 0 Å². The third-order valence-electron chi connectivity index (χ3n) is 4.33. The van der Waals surface area contributed by atoms with E-state index in [0.29, 0.717) is 0 Å². The third-order valence-corrected chi connectivity index (χ3v) is 4.33. The zero-order valence-corrected chi connectivity index (χ0v) is 12.5.